The Kier molecular flexibility index (Phi) is 6.91. The number of aryl methyl sites for hydroxylation is 2. The molecule has 8 heteroatoms. The van der Waals surface area contributed by atoms with E-state index in [1.807, 2.05) is 32.0 Å². The van der Waals surface area contributed by atoms with Crippen LogP contribution in [0.25, 0.3) is 6.08 Å². The molecule has 0 spiro atoms. The first kappa shape index (κ1) is 22.0. The number of carbonyl (C=O) groups is 1. The number of anilines is 1. The van der Waals surface area contributed by atoms with Gasteiger partial charge in [-0.3, -0.25) is 4.79 Å². The number of morpholine rings is 1. The molecule has 1 N–H and O–H groups in total. The lowest BCUT2D eigenvalue weighted by Crippen LogP contribution is -2.40. The van der Waals surface area contributed by atoms with Crippen LogP contribution < -0.4 is 10.1 Å². The van der Waals surface area contributed by atoms with E-state index < -0.39 is 10.0 Å². The van der Waals surface area contributed by atoms with E-state index in [-0.39, 0.29) is 16.6 Å². The molecule has 0 bridgehead atoms. The Morgan fingerprint density at radius 2 is 1.77 bits per heavy atom. The maximum Gasteiger partial charge on any atom is 0.248 e. The number of nitrogens with zero attached hydrogens (tertiary/aromatic N) is 1. The van der Waals surface area contributed by atoms with E-state index in [0.29, 0.717) is 37.6 Å². The molecule has 1 amide bonds. The first-order chi connectivity index (χ1) is 14.3. The molecular weight excluding hydrogens is 404 g/mol. The van der Waals surface area contributed by atoms with Gasteiger partial charge in [0.15, 0.2) is 0 Å². The largest absolute Gasteiger partial charge is 0.495 e. The summed E-state index contributed by atoms with van der Waals surface area (Å²) in [5.74, 6) is -0.0354. The molecule has 0 atom stereocenters. The van der Waals surface area contributed by atoms with Gasteiger partial charge in [-0.1, -0.05) is 12.1 Å². The van der Waals surface area contributed by atoms with Gasteiger partial charge in [0.1, 0.15) is 10.6 Å². The number of rotatable bonds is 6. The number of ether oxygens (including phenoxy) is 2. The maximum atomic E-state index is 13.0. The molecule has 7 nitrogen and oxygen atoms in total. The average Bonchev–Trinajstić information content (AvgIpc) is 2.72. The predicted octanol–water partition coefficient (Wildman–Crippen LogP) is 2.98. The zero-order chi connectivity index (χ0) is 21.7. The number of carbonyl (C=O) groups excluding carboxylic acids is 1. The molecule has 1 saturated heterocycles. The monoisotopic (exact) mass is 430 g/mol. The van der Waals surface area contributed by atoms with Crippen molar-refractivity contribution in [3.8, 4) is 5.75 Å². The van der Waals surface area contributed by atoms with Gasteiger partial charge < -0.3 is 14.8 Å². The van der Waals surface area contributed by atoms with Crippen molar-refractivity contribution >= 4 is 27.7 Å². The minimum atomic E-state index is -3.73. The van der Waals surface area contributed by atoms with Crippen LogP contribution in [0, 0.1) is 13.8 Å². The highest BCUT2D eigenvalue weighted by Gasteiger charge is 2.29. The molecule has 1 aliphatic rings. The third kappa shape index (κ3) is 5.27. The number of sulfonamides is 1. The van der Waals surface area contributed by atoms with Gasteiger partial charge in [-0.05, 0) is 60.9 Å². The fraction of sp³-hybridized carbons (Fsp3) is 0.318. The number of nitrogens with one attached hydrogen (secondary N) is 1. The van der Waals surface area contributed by atoms with Crippen molar-refractivity contribution in [1.29, 1.82) is 0 Å². The lowest BCUT2D eigenvalue weighted by molar-refractivity contribution is -0.111. The molecular formula is C22H26N2O5S. The van der Waals surface area contributed by atoms with Crippen molar-refractivity contribution in [3.63, 3.8) is 0 Å². The number of benzene rings is 2. The van der Waals surface area contributed by atoms with Crippen molar-refractivity contribution in [2.24, 2.45) is 0 Å². The molecule has 1 fully saturated rings. The summed E-state index contributed by atoms with van der Waals surface area (Å²) in [5, 5.41) is 2.82. The van der Waals surface area contributed by atoms with Crippen LogP contribution in [0.4, 0.5) is 5.69 Å². The Morgan fingerprint density at radius 1 is 1.10 bits per heavy atom. The highest BCUT2D eigenvalue weighted by molar-refractivity contribution is 7.89. The number of methoxy groups -OCH3 is 1. The van der Waals surface area contributed by atoms with E-state index in [2.05, 4.69) is 5.32 Å². The first-order valence-corrected chi connectivity index (χ1v) is 11.1. The summed E-state index contributed by atoms with van der Waals surface area (Å²) < 4.78 is 38.0. The van der Waals surface area contributed by atoms with E-state index >= 15 is 0 Å². The molecule has 0 radical (unpaired) electrons. The van der Waals surface area contributed by atoms with Crippen molar-refractivity contribution in [3.05, 3.63) is 59.2 Å². The molecule has 0 unspecified atom stereocenters. The zero-order valence-corrected chi connectivity index (χ0v) is 18.2. The van der Waals surface area contributed by atoms with Crippen LogP contribution in [0.15, 0.2) is 47.4 Å². The van der Waals surface area contributed by atoms with Gasteiger partial charge in [0.05, 0.1) is 20.3 Å². The summed E-state index contributed by atoms with van der Waals surface area (Å²) in [7, 11) is -2.30. The normalized spacial score (nSPS) is 15.3. The van der Waals surface area contributed by atoms with Crippen LogP contribution in [0.2, 0.25) is 0 Å². The summed E-state index contributed by atoms with van der Waals surface area (Å²) in [6.45, 7) is 5.24. The van der Waals surface area contributed by atoms with Crippen molar-refractivity contribution in [2.75, 3.05) is 38.7 Å². The maximum absolute atomic E-state index is 13.0. The lowest BCUT2D eigenvalue weighted by atomic mass is 10.1. The molecule has 0 saturated carbocycles. The summed E-state index contributed by atoms with van der Waals surface area (Å²) in [4.78, 5) is 12.4. The van der Waals surface area contributed by atoms with Gasteiger partial charge in [0.2, 0.25) is 15.9 Å². The third-order valence-electron chi connectivity index (χ3n) is 4.69. The van der Waals surface area contributed by atoms with Gasteiger partial charge in [0.25, 0.3) is 0 Å². The predicted molar refractivity (Wildman–Crippen MR) is 116 cm³/mol. The van der Waals surface area contributed by atoms with Crippen molar-refractivity contribution in [1.82, 2.24) is 4.31 Å². The van der Waals surface area contributed by atoms with E-state index in [1.165, 1.54) is 23.6 Å². The van der Waals surface area contributed by atoms with Crippen LogP contribution in [0.3, 0.4) is 0 Å². The second kappa shape index (κ2) is 9.42. The van der Waals surface area contributed by atoms with Gasteiger partial charge >= 0.3 is 0 Å². The summed E-state index contributed by atoms with van der Waals surface area (Å²) in [6, 6.07) is 10.6. The van der Waals surface area contributed by atoms with Crippen LogP contribution in [0.5, 0.6) is 5.75 Å². The molecule has 30 heavy (non-hydrogen) atoms. The Bertz CT molecular complexity index is 1040. The minimum Gasteiger partial charge on any atom is -0.495 e. The molecule has 1 heterocycles. The van der Waals surface area contributed by atoms with Gasteiger partial charge in [-0.15, -0.1) is 0 Å². The summed E-state index contributed by atoms with van der Waals surface area (Å²) in [5.41, 5.74) is 3.41. The van der Waals surface area contributed by atoms with Crippen LogP contribution in [-0.2, 0) is 19.6 Å². The zero-order valence-electron chi connectivity index (χ0n) is 17.3. The standard InChI is InChI=1S/C22H26N2O5S/c1-16-12-17(2)14-19(13-16)23-22(25)7-5-18-4-6-20(28-3)21(15-18)30(26,27)24-8-10-29-11-9-24/h4-7,12-15H,8-11H2,1-3H3,(H,23,25)/b7-5+. The van der Waals surface area contributed by atoms with Crippen LogP contribution in [0.1, 0.15) is 16.7 Å². The summed E-state index contributed by atoms with van der Waals surface area (Å²) >= 11 is 0. The number of hydrogen-bond acceptors (Lipinski definition) is 5. The molecule has 1 aliphatic heterocycles. The molecule has 0 aliphatic carbocycles. The Labute approximate surface area is 177 Å². The molecule has 0 aromatic heterocycles. The number of amides is 1. The number of hydrogen-bond donors (Lipinski definition) is 1. The topological polar surface area (TPSA) is 84.9 Å². The first-order valence-electron chi connectivity index (χ1n) is 9.63. The minimum absolute atomic E-state index is 0.0729. The van der Waals surface area contributed by atoms with Crippen molar-refractivity contribution < 1.29 is 22.7 Å². The average molecular weight is 431 g/mol. The van der Waals surface area contributed by atoms with Gasteiger partial charge in [-0.25, -0.2) is 8.42 Å². The lowest BCUT2D eigenvalue weighted by Gasteiger charge is -2.26. The second-order valence-electron chi connectivity index (χ2n) is 7.13. The van der Waals surface area contributed by atoms with E-state index in [9.17, 15) is 13.2 Å². The van der Waals surface area contributed by atoms with E-state index in [0.717, 1.165) is 11.1 Å². The fourth-order valence-corrected chi connectivity index (χ4v) is 4.93. The van der Waals surface area contributed by atoms with Gasteiger partial charge in [0, 0.05) is 24.9 Å². The van der Waals surface area contributed by atoms with Crippen LogP contribution >= 0.6 is 0 Å². The Hall–Kier alpha value is -2.68. The molecule has 160 valence electrons. The fourth-order valence-electron chi connectivity index (χ4n) is 3.33. The molecule has 3 rings (SSSR count). The quantitative estimate of drug-likeness (QED) is 0.712. The van der Waals surface area contributed by atoms with Gasteiger partial charge in [-0.2, -0.15) is 4.31 Å². The Morgan fingerprint density at radius 3 is 2.40 bits per heavy atom. The SMILES string of the molecule is COc1ccc(/C=C/C(=O)Nc2cc(C)cc(C)c2)cc1S(=O)(=O)N1CCOCC1. The van der Waals surface area contributed by atoms with Crippen molar-refractivity contribution in [2.45, 2.75) is 18.7 Å². The van der Waals surface area contributed by atoms with Crippen LogP contribution in [-0.4, -0.2) is 52.0 Å². The smallest absolute Gasteiger partial charge is 0.248 e. The molecule has 2 aromatic rings. The Balaban J connectivity index is 1.81. The van der Waals surface area contributed by atoms with E-state index in [4.69, 9.17) is 9.47 Å². The summed E-state index contributed by atoms with van der Waals surface area (Å²) in [6.07, 6.45) is 2.96. The van der Waals surface area contributed by atoms with E-state index in [1.54, 1.807) is 18.2 Å². The third-order valence-corrected chi connectivity index (χ3v) is 6.61. The molecule has 2 aromatic carbocycles. The second-order valence-corrected chi connectivity index (χ2v) is 9.03. The highest BCUT2D eigenvalue weighted by atomic mass is 32.2. The highest BCUT2D eigenvalue weighted by Crippen LogP contribution is 2.29.